The zero-order valence-corrected chi connectivity index (χ0v) is 16.4. The van der Waals surface area contributed by atoms with Crippen LogP contribution < -0.4 is 16.4 Å². The normalized spacial score (nSPS) is 13.5. The van der Waals surface area contributed by atoms with Gasteiger partial charge in [0, 0.05) is 0 Å². The Kier molecular flexibility index (Phi) is 10.2. The van der Waals surface area contributed by atoms with Crippen LogP contribution in [0.5, 0.6) is 0 Å². The molecule has 1 rings (SSSR count). The molecule has 0 spiro atoms. The molecule has 0 fully saturated rings. The summed E-state index contributed by atoms with van der Waals surface area (Å²) in [6, 6.07) is 6.34. The van der Waals surface area contributed by atoms with E-state index in [1.807, 2.05) is 6.07 Å². The Morgan fingerprint density at radius 2 is 1.72 bits per heavy atom. The van der Waals surface area contributed by atoms with Gasteiger partial charge in [-0.3, -0.25) is 14.4 Å². The van der Waals surface area contributed by atoms with Crippen LogP contribution in [0.1, 0.15) is 25.8 Å². The fourth-order valence-corrected chi connectivity index (χ4v) is 2.35. The summed E-state index contributed by atoms with van der Waals surface area (Å²) in [4.78, 5) is 47.5. The summed E-state index contributed by atoms with van der Waals surface area (Å²) < 4.78 is 9.85. The minimum Gasteiger partial charge on any atom is -0.466 e. The molecule has 0 aliphatic heterocycles. The summed E-state index contributed by atoms with van der Waals surface area (Å²) in [5.41, 5.74) is 6.03. The van der Waals surface area contributed by atoms with Crippen LogP contribution in [0.3, 0.4) is 0 Å². The number of aliphatic hydroxyl groups excluding tert-OH is 1. The first-order valence-electron chi connectivity index (χ1n) is 9.12. The summed E-state index contributed by atoms with van der Waals surface area (Å²) in [6.07, 6.45) is -1.00. The van der Waals surface area contributed by atoms with Gasteiger partial charge in [0.15, 0.2) is 0 Å². The first kappa shape index (κ1) is 23.9. The number of ether oxygens (including phenoxy) is 2. The summed E-state index contributed by atoms with van der Waals surface area (Å²) >= 11 is 0. The smallest absolute Gasteiger partial charge is 0.408 e. The Morgan fingerprint density at radius 3 is 2.28 bits per heavy atom. The number of nitrogens with one attached hydrogen (secondary N) is 2. The number of primary amides is 1. The number of amides is 3. The van der Waals surface area contributed by atoms with Crippen LogP contribution in [0.4, 0.5) is 4.79 Å². The highest BCUT2D eigenvalue weighted by atomic mass is 16.5. The minimum atomic E-state index is -1.36. The van der Waals surface area contributed by atoms with Gasteiger partial charge >= 0.3 is 12.1 Å². The Bertz CT molecular complexity index is 696. The maximum Gasteiger partial charge on any atom is 0.408 e. The summed E-state index contributed by atoms with van der Waals surface area (Å²) in [5, 5.41) is 13.9. The number of aliphatic hydroxyl groups is 1. The largest absolute Gasteiger partial charge is 0.466 e. The monoisotopic (exact) mass is 409 g/mol. The number of hydrogen-bond donors (Lipinski definition) is 4. The maximum atomic E-state index is 12.3. The van der Waals surface area contributed by atoms with Gasteiger partial charge in [-0.1, -0.05) is 37.3 Å². The fourth-order valence-electron chi connectivity index (χ4n) is 2.35. The summed E-state index contributed by atoms with van der Waals surface area (Å²) in [7, 11) is 0. The third-order valence-electron chi connectivity index (χ3n) is 3.94. The number of nitrogens with two attached hydrogens (primary N) is 1. The highest BCUT2D eigenvalue weighted by Crippen LogP contribution is 2.09. The molecule has 0 aliphatic rings. The van der Waals surface area contributed by atoms with Crippen LogP contribution in [-0.2, 0) is 30.5 Å². The molecule has 0 radical (unpaired) electrons. The van der Waals surface area contributed by atoms with Gasteiger partial charge in [0.1, 0.15) is 18.7 Å². The van der Waals surface area contributed by atoms with Crippen molar-refractivity contribution in [2.24, 2.45) is 11.7 Å². The second-order valence-electron chi connectivity index (χ2n) is 6.29. The van der Waals surface area contributed by atoms with Crippen molar-refractivity contribution in [1.29, 1.82) is 0 Å². The van der Waals surface area contributed by atoms with E-state index in [9.17, 15) is 24.3 Å². The van der Waals surface area contributed by atoms with E-state index >= 15 is 0 Å². The van der Waals surface area contributed by atoms with Gasteiger partial charge in [-0.05, 0) is 18.9 Å². The molecular formula is C19H27N3O7. The lowest BCUT2D eigenvalue weighted by molar-refractivity contribution is -0.148. The van der Waals surface area contributed by atoms with Crippen molar-refractivity contribution in [3.8, 4) is 0 Å². The molecule has 0 aliphatic carbocycles. The SMILES string of the molecule is CCOC(=O)[C@H](C)C[C@H](NC(=O)[C@H](CO)NC(=O)OCc1ccccc1)C(N)=O. The molecule has 0 bridgehead atoms. The number of carbonyl (C=O) groups is 4. The van der Waals surface area contributed by atoms with Crippen molar-refractivity contribution in [1.82, 2.24) is 10.6 Å². The second-order valence-corrected chi connectivity index (χ2v) is 6.29. The molecule has 1 aromatic carbocycles. The molecule has 3 atom stereocenters. The van der Waals surface area contributed by atoms with Gasteiger partial charge in [0.2, 0.25) is 11.8 Å². The van der Waals surface area contributed by atoms with Crippen molar-refractivity contribution in [2.75, 3.05) is 13.2 Å². The standard InChI is InChI=1S/C19H27N3O7/c1-3-28-18(26)12(2)9-14(16(20)24)21-17(25)15(10-23)22-19(27)29-11-13-7-5-4-6-8-13/h4-8,12,14-15,23H,3,9-11H2,1-2H3,(H2,20,24)(H,21,25)(H,22,27)/t12-,14+,15+/m1/s1. The molecule has 0 saturated carbocycles. The molecule has 5 N–H and O–H groups in total. The van der Waals surface area contributed by atoms with E-state index in [2.05, 4.69) is 10.6 Å². The highest BCUT2D eigenvalue weighted by molar-refractivity contribution is 5.91. The fraction of sp³-hybridized carbons (Fsp3) is 0.474. The average Bonchev–Trinajstić information content (AvgIpc) is 2.70. The number of carbonyl (C=O) groups excluding carboxylic acids is 4. The van der Waals surface area contributed by atoms with Crippen molar-refractivity contribution < 1.29 is 33.8 Å². The van der Waals surface area contributed by atoms with Crippen molar-refractivity contribution in [2.45, 2.75) is 39.0 Å². The summed E-state index contributed by atoms with van der Waals surface area (Å²) in [6.45, 7) is 2.60. The topological polar surface area (TPSA) is 157 Å². The third-order valence-corrected chi connectivity index (χ3v) is 3.94. The number of rotatable bonds is 11. The predicted molar refractivity (Wildman–Crippen MR) is 102 cm³/mol. The van der Waals surface area contributed by atoms with Crippen LogP contribution in [0.15, 0.2) is 30.3 Å². The summed E-state index contributed by atoms with van der Waals surface area (Å²) in [5.74, 6) is -2.93. The van der Waals surface area contributed by atoms with Crippen molar-refractivity contribution in [3.63, 3.8) is 0 Å². The molecule has 0 aromatic heterocycles. The third kappa shape index (κ3) is 8.60. The Balaban J connectivity index is 2.60. The van der Waals surface area contributed by atoms with Crippen LogP contribution in [-0.4, -0.2) is 54.3 Å². The Labute approximate surface area is 168 Å². The average molecular weight is 409 g/mol. The molecule has 160 valence electrons. The van der Waals surface area contributed by atoms with Gasteiger partial charge in [-0.15, -0.1) is 0 Å². The highest BCUT2D eigenvalue weighted by Gasteiger charge is 2.28. The van der Waals surface area contributed by atoms with Gasteiger partial charge in [0.05, 0.1) is 19.1 Å². The first-order chi connectivity index (χ1) is 13.8. The molecule has 0 saturated heterocycles. The van der Waals surface area contributed by atoms with E-state index in [1.165, 1.54) is 6.92 Å². The molecule has 3 amide bonds. The van der Waals surface area contributed by atoms with E-state index in [-0.39, 0.29) is 19.6 Å². The maximum absolute atomic E-state index is 12.3. The van der Waals surface area contributed by atoms with E-state index in [0.717, 1.165) is 5.56 Å². The quantitative estimate of drug-likeness (QED) is 0.370. The number of alkyl carbamates (subject to hydrolysis) is 1. The first-order valence-corrected chi connectivity index (χ1v) is 9.12. The number of esters is 1. The molecular weight excluding hydrogens is 382 g/mol. The number of benzene rings is 1. The number of hydrogen-bond acceptors (Lipinski definition) is 7. The van der Waals surface area contributed by atoms with E-state index in [0.29, 0.717) is 0 Å². The molecule has 10 heteroatoms. The second kappa shape index (κ2) is 12.3. The predicted octanol–water partition coefficient (Wildman–Crippen LogP) is -0.167. The molecule has 1 aromatic rings. The van der Waals surface area contributed by atoms with Crippen LogP contribution in [0.2, 0.25) is 0 Å². The lowest BCUT2D eigenvalue weighted by Gasteiger charge is -2.22. The van der Waals surface area contributed by atoms with Crippen LogP contribution >= 0.6 is 0 Å². The lowest BCUT2D eigenvalue weighted by atomic mass is 10.0. The van der Waals surface area contributed by atoms with Crippen molar-refractivity contribution in [3.05, 3.63) is 35.9 Å². The Hall–Kier alpha value is -3.14. The molecule has 10 nitrogen and oxygen atoms in total. The molecule has 0 unspecified atom stereocenters. The van der Waals surface area contributed by atoms with E-state index in [1.54, 1.807) is 31.2 Å². The lowest BCUT2D eigenvalue weighted by Crippen LogP contribution is -2.54. The van der Waals surface area contributed by atoms with Crippen LogP contribution in [0, 0.1) is 5.92 Å². The van der Waals surface area contributed by atoms with Gasteiger partial charge in [0.25, 0.3) is 0 Å². The molecule has 29 heavy (non-hydrogen) atoms. The van der Waals surface area contributed by atoms with Crippen molar-refractivity contribution >= 4 is 23.9 Å². The molecule has 0 heterocycles. The van der Waals surface area contributed by atoms with Crippen LogP contribution in [0.25, 0.3) is 0 Å². The zero-order chi connectivity index (χ0) is 21.8. The van der Waals surface area contributed by atoms with Gasteiger partial charge < -0.3 is 30.9 Å². The zero-order valence-electron chi connectivity index (χ0n) is 16.4. The van der Waals surface area contributed by atoms with E-state index in [4.69, 9.17) is 15.2 Å². The minimum absolute atomic E-state index is 0.0204. The Morgan fingerprint density at radius 1 is 1.07 bits per heavy atom. The van der Waals surface area contributed by atoms with Gasteiger partial charge in [-0.2, -0.15) is 0 Å². The van der Waals surface area contributed by atoms with E-state index < -0.39 is 48.5 Å². The van der Waals surface area contributed by atoms with Gasteiger partial charge in [-0.25, -0.2) is 4.79 Å².